The second-order valence-corrected chi connectivity index (χ2v) is 9.35. The first-order valence-corrected chi connectivity index (χ1v) is 12.5. The van der Waals surface area contributed by atoms with Crippen molar-refractivity contribution in [2.45, 2.75) is 78.8 Å². The minimum atomic E-state index is 0.661. The van der Waals surface area contributed by atoms with E-state index in [-0.39, 0.29) is 0 Å². The van der Waals surface area contributed by atoms with E-state index in [0.717, 1.165) is 68.6 Å². The number of nitrogens with zero attached hydrogens (tertiary/aromatic N) is 4. The van der Waals surface area contributed by atoms with Crippen LogP contribution in [0, 0.1) is 19.8 Å². The number of aromatic nitrogens is 1. The zero-order valence-corrected chi connectivity index (χ0v) is 20.3. The van der Waals surface area contributed by atoms with Gasteiger partial charge in [0.2, 0.25) is 5.89 Å². The summed E-state index contributed by atoms with van der Waals surface area (Å²) < 4.78 is 5.75. The summed E-state index contributed by atoms with van der Waals surface area (Å²) in [6, 6.07) is 0.748. The molecule has 2 N–H and O–H groups in total. The number of aliphatic imine (C=N–C) groups is 1. The van der Waals surface area contributed by atoms with Gasteiger partial charge in [0.1, 0.15) is 5.76 Å². The van der Waals surface area contributed by atoms with Gasteiger partial charge in [-0.05, 0) is 85.4 Å². The zero-order valence-electron chi connectivity index (χ0n) is 20.3. The summed E-state index contributed by atoms with van der Waals surface area (Å²) >= 11 is 0. The highest BCUT2D eigenvalue weighted by molar-refractivity contribution is 5.79. The van der Waals surface area contributed by atoms with Crippen molar-refractivity contribution in [3.05, 3.63) is 17.3 Å². The Kier molecular flexibility index (Phi) is 9.65. The van der Waals surface area contributed by atoms with Crippen molar-refractivity contribution in [3.63, 3.8) is 0 Å². The summed E-state index contributed by atoms with van der Waals surface area (Å²) in [5.74, 6) is 3.42. The van der Waals surface area contributed by atoms with Crippen LogP contribution in [0.5, 0.6) is 0 Å². The van der Waals surface area contributed by atoms with Crippen LogP contribution >= 0.6 is 0 Å². The number of nitrogens with one attached hydrogen (secondary N) is 2. The van der Waals surface area contributed by atoms with Gasteiger partial charge in [-0.3, -0.25) is 9.89 Å². The first-order chi connectivity index (χ1) is 15.0. The van der Waals surface area contributed by atoms with E-state index in [1.165, 1.54) is 51.6 Å². The molecule has 1 aromatic rings. The largest absolute Gasteiger partial charge is 0.444 e. The molecule has 31 heavy (non-hydrogen) atoms. The number of likely N-dealkylation sites (tertiary alicyclic amines) is 2. The lowest BCUT2D eigenvalue weighted by molar-refractivity contribution is 0.159. The molecule has 0 spiro atoms. The Hall–Kier alpha value is -1.60. The van der Waals surface area contributed by atoms with Gasteiger partial charge in [0.25, 0.3) is 0 Å². The molecule has 0 aliphatic carbocycles. The molecule has 0 amide bonds. The van der Waals surface area contributed by atoms with Crippen LogP contribution < -0.4 is 10.6 Å². The lowest BCUT2D eigenvalue weighted by atomic mass is 9.97. The number of guanidine groups is 1. The lowest BCUT2D eigenvalue weighted by Crippen LogP contribution is -2.41. The maximum Gasteiger partial charge on any atom is 0.208 e. The highest BCUT2D eigenvalue weighted by Crippen LogP contribution is 2.20. The van der Waals surface area contributed by atoms with Crippen molar-refractivity contribution in [3.8, 4) is 0 Å². The molecule has 2 aliphatic rings. The van der Waals surface area contributed by atoms with Gasteiger partial charge in [-0.1, -0.05) is 6.42 Å². The molecule has 1 aromatic heterocycles. The molecule has 0 saturated carbocycles. The average Bonchev–Trinajstić information content (AvgIpc) is 3.08. The number of oxazole rings is 1. The zero-order chi connectivity index (χ0) is 22.1. The van der Waals surface area contributed by atoms with Gasteiger partial charge < -0.3 is 20.0 Å². The first-order valence-electron chi connectivity index (χ1n) is 12.5. The second-order valence-electron chi connectivity index (χ2n) is 9.35. The molecule has 2 saturated heterocycles. The summed E-state index contributed by atoms with van der Waals surface area (Å²) in [7, 11) is 0. The third-order valence-electron chi connectivity index (χ3n) is 6.85. The van der Waals surface area contributed by atoms with Crippen LogP contribution in [-0.4, -0.2) is 72.6 Å². The fourth-order valence-electron chi connectivity index (χ4n) is 4.67. The highest BCUT2D eigenvalue weighted by Gasteiger charge is 2.21. The number of piperidine rings is 2. The topological polar surface area (TPSA) is 68.9 Å². The van der Waals surface area contributed by atoms with Crippen LogP contribution in [-0.2, 0) is 6.54 Å². The fraction of sp³-hybridized carbons (Fsp3) is 0.833. The van der Waals surface area contributed by atoms with E-state index in [2.05, 4.69) is 39.3 Å². The minimum absolute atomic E-state index is 0.661. The maximum absolute atomic E-state index is 5.75. The number of hydrogen-bond acceptors (Lipinski definition) is 5. The smallest absolute Gasteiger partial charge is 0.208 e. The molecule has 0 radical (unpaired) electrons. The van der Waals surface area contributed by atoms with Crippen LogP contribution in [0.3, 0.4) is 0 Å². The minimum Gasteiger partial charge on any atom is -0.444 e. The molecule has 176 valence electrons. The Bertz CT molecular complexity index is 660. The van der Waals surface area contributed by atoms with E-state index in [4.69, 9.17) is 9.41 Å². The molecular weight excluding hydrogens is 388 g/mol. The van der Waals surface area contributed by atoms with Gasteiger partial charge in [-0.15, -0.1) is 0 Å². The number of aryl methyl sites for hydroxylation is 2. The van der Waals surface area contributed by atoms with Crippen molar-refractivity contribution in [1.29, 1.82) is 0 Å². The Morgan fingerprint density at radius 2 is 1.94 bits per heavy atom. The van der Waals surface area contributed by atoms with Crippen molar-refractivity contribution in [2.75, 3.05) is 45.8 Å². The van der Waals surface area contributed by atoms with Crippen molar-refractivity contribution in [2.24, 2.45) is 10.9 Å². The number of rotatable bonds is 9. The fourth-order valence-corrected chi connectivity index (χ4v) is 4.67. The predicted molar refractivity (Wildman–Crippen MR) is 127 cm³/mol. The normalized spacial score (nSPS) is 22.1. The monoisotopic (exact) mass is 432 g/mol. The summed E-state index contributed by atoms with van der Waals surface area (Å²) in [5.41, 5.74) is 1.01. The molecule has 1 unspecified atom stereocenters. The maximum atomic E-state index is 5.75. The van der Waals surface area contributed by atoms with E-state index >= 15 is 0 Å². The summed E-state index contributed by atoms with van der Waals surface area (Å²) in [5, 5.41) is 6.96. The SMILES string of the molecule is CCNC(=NCC1CCN(Cc2nc(C)c(C)o2)CC1)NCCCN1CCCCC1C. The van der Waals surface area contributed by atoms with Crippen molar-refractivity contribution in [1.82, 2.24) is 25.4 Å². The van der Waals surface area contributed by atoms with E-state index in [0.29, 0.717) is 5.92 Å². The first kappa shape index (κ1) is 24.1. The molecule has 3 heterocycles. The predicted octanol–water partition coefficient (Wildman–Crippen LogP) is 3.32. The average molecular weight is 433 g/mol. The Balaban J connectivity index is 1.35. The molecule has 3 rings (SSSR count). The second kappa shape index (κ2) is 12.4. The third-order valence-corrected chi connectivity index (χ3v) is 6.85. The van der Waals surface area contributed by atoms with E-state index in [1.54, 1.807) is 0 Å². The molecule has 1 atom stereocenters. The van der Waals surface area contributed by atoms with Crippen LogP contribution in [0.4, 0.5) is 0 Å². The van der Waals surface area contributed by atoms with Crippen molar-refractivity contribution >= 4 is 5.96 Å². The van der Waals surface area contributed by atoms with Gasteiger partial charge in [0.05, 0.1) is 12.2 Å². The van der Waals surface area contributed by atoms with Gasteiger partial charge >= 0.3 is 0 Å². The third kappa shape index (κ3) is 7.79. The Labute approximate surface area is 189 Å². The summed E-state index contributed by atoms with van der Waals surface area (Å²) in [6.07, 6.45) is 7.66. The molecular formula is C24H44N6O. The van der Waals surface area contributed by atoms with E-state index < -0.39 is 0 Å². The molecule has 0 aromatic carbocycles. The van der Waals surface area contributed by atoms with Crippen molar-refractivity contribution < 1.29 is 4.42 Å². The van der Waals surface area contributed by atoms with Crippen LogP contribution in [0.2, 0.25) is 0 Å². The van der Waals surface area contributed by atoms with Gasteiger partial charge in [-0.2, -0.15) is 0 Å². The van der Waals surface area contributed by atoms with Gasteiger partial charge in [0.15, 0.2) is 5.96 Å². The van der Waals surface area contributed by atoms with E-state index in [1.807, 2.05) is 13.8 Å². The molecule has 0 bridgehead atoms. The molecule has 7 nitrogen and oxygen atoms in total. The van der Waals surface area contributed by atoms with Gasteiger partial charge in [0, 0.05) is 32.2 Å². The standard InChI is InChI=1S/C24H44N6O/c1-5-25-24(26-12-8-14-30-13-7-6-9-19(30)2)27-17-22-10-15-29(16-11-22)18-23-28-20(3)21(4)31-23/h19,22H,5-18H2,1-4H3,(H2,25,26,27). The molecule has 2 fully saturated rings. The van der Waals surface area contributed by atoms with Crippen LogP contribution in [0.25, 0.3) is 0 Å². The Morgan fingerprint density at radius 3 is 2.61 bits per heavy atom. The van der Waals surface area contributed by atoms with Gasteiger partial charge in [-0.25, -0.2) is 4.98 Å². The van der Waals surface area contributed by atoms with Crippen LogP contribution in [0.1, 0.15) is 69.7 Å². The molecule has 7 heteroatoms. The lowest BCUT2D eigenvalue weighted by Gasteiger charge is -2.33. The van der Waals surface area contributed by atoms with E-state index in [9.17, 15) is 0 Å². The Morgan fingerprint density at radius 1 is 1.13 bits per heavy atom. The van der Waals surface area contributed by atoms with Crippen LogP contribution in [0.15, 0.2) is 9.41 Å². The molecule has 2 aliphatic heterocycles. The quantitative estimate of drug-likeness (QED) is 0.354. The number of hydrogen-bond donors (Lipinski definition) is 2. The highest BCUT2D eigenvalue weighted by atomic mass is 16.4. The summed E-state index contributed by atoms with van der Waals surface area (Å²) in [6.45, 7) is 16.8. The summed E-state index contributed by atoms with van der Waals surface area (Å²) in [4.78, 5) is 14.5.